The summed E-state index contributed by atoms with van der Waals surface area (Å²) in [4.78, 5) is 0. The number of hydrogen-bond donors (Lipinski definition) is 1. The van der Waals surface area contributed by atoms with Gasteiger partial charge in [0.05, 0.1) is 0 Å². The second kappa shape index (κ2) is 4.35. The van der Waals surface area contributed by atoms with Crippen LogP contribution in [0.1, 0.15) is 11.4 Å². The summed E-state index contributed by atoms with van der Waals surface area (Å²) in [6, 6.07) is 5.94. The second-order valence-electron chi connectivity index (χ2n) is 3.57. The molecule has 0 unspecified atom stereocenters. The minimum Gasteiger partial charge on any atom is -0.388 e. The van der Waals surface area contributed by atoms with Gasteiger partial charge in [-0.3, -0.25) is 0 Å². The average Bonchev–Trinajstić information content (AvgIpc) is 2.64. The van der Waals surface area contributed by atoms with Gasteiger partial charge in [-0.1, -0.05) is 28.1 Å². The Bertz CT molecular complexity index is 522. The average molecular weight is 282 g/mol. The highest BCUT2D eigenvalue weighted by Gasteiger charge is 2.12. The summed E-state index contributed by atoms with van der Waals surface area (Å²) < 4.78 is 2.84. The molecule has 0 saturated heterocycles. The summed E-state index contributed by atoms with van der Waals surface area (Å²) in [5.74, 6) is 1.33. The number of nitrogens with zero attached hydrogens (tertiary/aromatic N) is 3. The molecule has 1 N–H and O–H groups in total. The first kappa shape index (κ1) is 11.3. The molecule has 4 nitrogen and oxygen atoms in total. The summed E-state index contributed by atoms with van der Waals surface area (Å²) in [5, 5.41) is 17.1. The number of benzene rings is 1. The quantitative estimate of drug-likeness (QED) is 0.917. The largest absolute Gasteiger partial charge is 0.388 e. The molecule has 0 aliphatic rings. The van der Waals surface area contributed by atoms with Crippen molar-refractivity contribution in [3.63, 3.8) is 0 Å². The number of aliphatic hydroxyl groups is 1. The van der Waals surface area contributed by atoms with E-state index in [4.69, 9.17) is 5.11 Å². The minimum absolute atomic E-state index is 0.101. The van der Waals surface area contributed by atoms with Gasteiger partial charge in [-0.05, 0) is 18.6 Å². The molecule has 0 amide bonds. The highest BCUT2D eigenvalue weighted by atomic mass is 79.9. The molecule has 1 heterocycles. The Labute approximate surface area is 102 Å². The van der Waals surface area contributed by atoms with Crippen molar-refractivity contribution in [2.75, 3.05) is 0 Å². The van der Waals surface area contributed by atoms with Crippen molar-refractivity contribution in [1.29, 1.82) is 0 Å². The first-order valence-electron chi connectivity index (χ1n) is 4.89. The van der Waals surface area contributed by atoms with Crippen LogP contribution >= 0.6 is 15.9 Å². The lowest BCUT2D eigenvalue weighted by molar-refractivity contribution is 0.267. The first-order chi connectivity index (χ1) is 7.65. The maximum atomic E-state index is 9.07. The monoisotopic (exact) mass is 281 g/mol. The van der Waals surface area contributed by atoms with E-state index in [1.807, 2.05) is 32.2 Å². The molecule has 84 valence electrons. The molecule has 0 aliphatic heterocycles. The zero-order valence-corrected chi connectivity index (χ0v) is 10.7. The van der Waals surface area contributed by atoms with E-state index >= 15 is 0 Å². The van der Waals surface area contributed by atoms with Crippen LogP contribution in [-0.2, 0) is 13.7 Å². The van der Waals surface area contributed by atoms with E-state index in [0.717, 1.165) is 21.4 Å². The maximum Gasteiger partial charge on any atom is 0.164 e. The molecule has 0 aliphatic carbocycles. The molecular formula is C11H12BrN3O. The summed E-state index contributed by atoms with van der Waals surface area (Å²) >= 11 is 3.48. The van der Waals surface area contributed by atoms with Crippen LogP contribution in [0.4, 0.5) is 0 Å². The number of aliphatic hydroxyl groups excluding tert-OH is 1. The van der Waals surface area contributed by atoms with E-state index in [-0.39, 0.29) is 6.61 Å². The van der Waals surface area contributed by atoms with E-state index in [2.05, 4.69) is 26.1 Å². The summed E-state index contributed by atoms with van der Waals surface area (Å²) in [6.07, 6.45) is 0. The smallest absolute Gasteiger partial charge is 0.164 e. The molecule has 1 aromatic heterocycles. The fourth-order valence-corrected chi connectivity index (χ4v) is 1.95. The predicted octanol–water partition coefficient (Wildman–Crippen LogP) is 2.05. The fraction of sp³-hybridized carbons (Fsp3) is 0.273. The Morgan fingerprint density at radius 2 is 2.12 bits per heavy atom. The van der Waals surface area contributed by atoms with Crippen molar-refractivity contribution >= 4 is 15.9 Å². The standard InChI is InChI=1S/C11H12BrN3O/c1-7-8(4-3-5-9(7)12)11-14-13-10(6-16)15(11)2/h3-5,16H,6H2,1-2H3. The van der Waals surface area contributed by atoms with Crippen molar-refractivity contribution < 1.29 is 5.11 Å². The summed E-state index contributed by atoms with van der Waals surface area (Å²) in [7, 11) is 1.85. The summed E-state index contributed by atoms with van der Waals surface area (Å²) in [5.41, 5.74) is 2.13. The molecule has 0 spiro atoms. The van der Waals surface area contributed by atoms with Gasteiger partial charge in [-0.15, -0.1) is 10.2 Å². The Balaban J connectivity index is 2.59. The molecule has 0 fully saturated rings. The van der Waals surface area contributed by atoms with E-state index in [0.29, 0.717) is 5.82 Å². The van der Waals surface area contributed by atoms with Crippen LogP contribution < -0.4 is 0 Å². The molecule has 0 radical (unpaired) electrons. The Kier molecular flexibility index (Phi) is 3.07. The molecule has 1 aromatic carbocycles. The molecule has 2 aromatic rings. The lowest BCUT2D eigenvalue weighted by atomic mass is 10.1. The molecule has 2 rings (SSSR count). The van der Waals surface area contributed by atoms with Crippen molar-refractivity contribution in [2.24, 2.45) is 7.05 Å². The van der Waals surface area contributed by atoms with Crippen LogP contribution in [0.5, 0.6) is 0 Å². The fourth-order valence-electron chi connectivity index (χ4n) is 1.58. The normalized spacial score (nSPS) is 10.8. The third-order valence-corrected chi connectivity index (χ3v) is 3.47. The van der Waals surface area contributed by atoms with Crippen molar-refractivity contribution in [2.45, 2.75) is 13.5 Å². The van der Waals surface area contributed by atoms with Gasteiger partial charge >= 0.3 is 0 Å². The van der Waals surface area contributed by atoms with E-state index in [9.17, 15) is 0 Å². The Morgan fingerprint density at radius 3 is 2.75 bits per heavy atom. The highest BCUT2D eigenvalue weighted by Crippen LogP contribution is 2.27. The van der Waals surface area contributed by atoms with E-state index in [1.165, 1.54) is 0 Å². The van der Waals surface area contributed by atoms with Gasteiger partial charge in [0.2, 0.25) is 0 Å². The van der Waals surface area contributed by atoms with Gasteiger partial charge in [0, 0.05) is 17.1 Å². The minimum atomic E-state index is -0.101. The van der Waals surface area contributed by atoms with Crippen LogP contribution in [0.3, 0.4) is 0 Å². The van der Waals surface area contributed by atoms with Gasteiger partial charge in [0.25, 0.3) is 0 Å². The van der Waals surface area contributed by atoms with Crippen molar-refractivity contribution in [1.82, 2.24) is 14.8 Å². The molecule has 0 bridgehead atoms. The van der Waals surface area contributed by atoms with Crippen molar-refractivity contribution in [3.05, 3.63) is 34.1 Å². The highest BCUT2D eigenvalue weighted by molar-refractivity contribution is 9.10. The number of rotatable bonds is 2. The van der Waals surface area contributed by atoms with Gasteiger partial charge in [-0.25, -0.2) is 0 Å². The summed E-state index contributed by atoms with van der Waals surface area (Å²) in [6.45, 7) is 1.92. The third-order valence-electron chi connectivity index (χ3n) is 2.62. The van der Waals surface area contributed by atoms with Gasteiger partial charge < -0.3 is 9.67 Å². The first-order valence-corrected chi connectivity index (χ1v) is 5.69. The van der Waals surface area contributed by atoms with Crippen LogP contribution in [0, 0.1) is 6.92 Å². The lowest BCUT2D eigenvalue weighted by Gasteiger charge is -2.07. The molecule has 16 heavy (non-hydrogen) atoms. The number of hydrogen-bond acceptors (Lipinski definition) is 3. The second-order valence-corrected chi connectivity index (χ2v) is 4.42. The molecule has 0 saturated carbocycles. The van der Waals surface area contributed by atoms with Crippen LogP contribution in [0.2, 0.25) is 0 Å². The Morgan fingerprint density at radius 1 is 1.38 bits per heavy atom. The van der Waals surface area contributed by atoms with Crippen LogP contribution in [0.15, 0.2) is 22.7 Å². The topological polar surface area (TPSA) is 50.9 Å². The van der Waals surface area contributed by atoms with E-state index < -0.39 is 0 Å². The van der Waals surface area contributed by atoms with Gasteiger partial charge in [0.1, 0.15) is 6.61 Å². The van der Waals surface area contributed by atoms with Crippen LogP contribution in [0.25, 0.3) is 11.4 Å². The van der Waals surface area contributed by atoms with Gasteiger partial charge in [-0.2, -0.15) is 0 Å². The van der Waals surface area contributed by atoms with E-state index in [1.54, 1.807) is 4.57 Å². The number of halogens is 1. The van der Waals surface area contributed by atoms with Crippen LogP contribution in [-0.4, -0.2) is 19.9 Å². The molecule has 5 heteroatoms. The number of aromatic nitrogens is 3. The molecular weight excluding hydrogens is 270 g/mol. The van der Waals surface area contributed by atoms with Crippen molar-refractivity contribution in [3.8, 4) is 11.4 Å². The van der Waals surface area contributed by atoms with Gasteiger partial charge in [0.15, 0.2) is 11.6 Å². The SMILES string of the molecule is Cc1c(Br)cccc1-c1nnc(CO)n1C. The third kappa shape index (κ3) is 1.76. The lowest BCUT2D eigenvalue weighted by Crippen LogP contribution is -2.00. The maximum absolute atomic E-state index is 9.07. The zero-order chi connectivity index (χ0) is 11.7. The Hall–Kier alpha value is -1.20. The zero-order valence-electron chi connectivity index (χ0n) is 9.11. The molecule has 0 atom stereocenters. The predicted molar refractivity (Wildman–Crippen MR) is 64.8 cm³/mol.